The summed E-state index contributed by atoms with van der Waals surface area (Å²) in [5.74, 6) is 1.39. The summed E-state index contributed by atoms with van der Waals surface area (Å²) in [5.41, 5.74) is 2.42. The fourth-order valence-electron chi connectivity index (χ4n) is 4.33. The Balaban J connectivity index is 1.36. The molecule has 1 aliphatic heterocycles. The van der Waals surface area contributed by atoms with E-state index >= 15 is 0 Å². The van der Waals surface area contributed by atoms with E-state index in [9.17, 15) is 13.8 Å². The number of carbonyl (C=O) groups is 2. The van der Waals surface area contributed by atoms with Crippen molar-refractivity contribution in [1.82, 2.24) is 14.9 Å². The minimum absolute atomic E-state index is 0.0358. The molecule has 12 heteroatoms. The molecule has 1 aliphatic rings. The Kier molecular flexibility index (Phi) is 8.29. The first-order chi connectivity index (χ1) is 19.9. The van der Waals surface area contributed by atoms with E-state index in [4.69, 9.17) is 14.5 Å². The molecule has 0 saturated carbocycles. The minimum atomic E-state index is -1.74. The molecule has 1 aromatic heterocycles. The van der Waals surface area contributed by atoms with Gasteiger partial charge in [0.25, 0.3) is 0 Å². The third-order valence-corrected chi connectivity index (χ3v) is 7.66. The number of nitrogens with one attached hydrogen (secondary N) is 3. The van der Waals surface area contributed by atoms with Gasteiger partial charge < -0.3 is 25.0 Å². The van der Waals surface area contributed by atoms with Crippen molar-refractivity contribution in [3.8, 4) is 11.5 Å². The van der Waals surface area contributed by atoms with Crippen LogP contribution in [0, 0.1) is 5.92 Å². The van der Waals surface area contributed by atoms with Crippen LogP contribution < -0.4 is 24.8 Å². The second-order valence-corrected chi connectivity index (χ2v) is 10.6. The number of hydrogen-bond acceptors (Lipinski definition) is 8. The number of likely N-dealkylation sites (tertiary alicyclic amines) is 1. The number of aromatic nitrogens is 2. The van der Waals surface area contributed by atoms with Crippen LogP contribution in [-0.4, -0.2) is 58.2 Å². The molecule has 2 amide bonds. The lowest BCUT2D eigenvalue weighted by molar-refractivity contribution is -0.140. The van der Waals surface area contributed by atoms with Crippen LogP contribution in [0.3, 0.4) is 0 Å². The Morgan fingerprint density at radius 3 is 2.20 bits per heavy atom. The van der Waals surface area contributed by atoms with Crippen LogP contribution in [0.25, 0.3) is 11.0 Å². The molecule has 3 aromatic carbocycles. The Morgan fingerprint density at radius 1 is 0.902 bits per heavy atom. The highest BCUT2D eigenvalue weighted by atomic mass is 32.2. The largest absolute Gasteiger partial charge is 0.497 e. The van der Waals surface area contributed by atoms with Gasteiger partial charge in [-0.3, -0.25) is 14.3 Å². The summed E-state index contributed by atoms with van der Waals surface area (Å²) >= 11 is 0. The summed E-state index contributed by atoms with van der Waals surface area (Å²) in [6.07, 6.45) is 0.418. The smallest absolute Gasteiger partial charge is 0.231 e. The third kappa shape index (κ3) is 6.38. The van der Waals surface area contributed by atoms with Crippen LogP contribution in [-0.2, 0) is 20.6 Å². The standard InChI is InChI=1S/C29H30N6O5S/c1-4-26(36)35-16-18(17-35)29(37)31-19-8-7-9-23(14-19)41(38)34-28-27(32-24-10-5-6-11-25(24)33-28)30-20-12-21(39-2)15-22(13-20)40-3/h5-15,18H,4,16-17H2,1-3H3,(H,30,32)(H,31,37)(H,33,34). The molecule has 41 heavy (non-hydrogen) atoms. The van der Waals surface area contributed by atoms with E-state index in [1.165, 1.54) is 0 Å². The normalized spacial score (nSPS) is 13.7. The molecule has 1 saturated heterocycles. The van der Waals surface area contributed by atoms with Crippen molar-refractivity contribution < 1.29 is 23.3 Å². The molecular formula is C29H30N6O5S. The molecule has 0 radical (unpaired) electrons. The van der Waals surface area contributed by atoms with Gasteiger partial charge in [-0.25, -0.2) is 14.2 Å². The zero-order valence-electron chi connectivity index (χ0n) is 22.8. The van der Waals surface area contributed by atoms with Crippen LogP contribution in [0.15, 0.2) is 71.6 Å². The molecule has 2 heterocycles. The van der Waals surface area contributed by atoms with Gasteiger partial charge in [-0.2, -0.15) is 0 Å². The minimum Gasteiger partial charge on any atom is -0.497 e. The maximum absolute atomic E-state index is 13.5. The summed E-state index contributed by atoms with van der Waals surface area (Å²) in [6, 6.07) is 19.5. The number of fused-ring (bicyclic) bond motifs is 1. The number of nitrogens with zero attached hydrogens (tertiary/aromatic N) is 3. The van der Waals surface area contributed by atoms with E-state index in [0.717, 1.165) is 0 Å². The SMILES string of the molecule is CCC(=O)N1CC(C(=O)Nc2cccc(S(=O)Nc3nc4ccccc4nc3Nc3cc(OC)cc(OC)c3)c2)C1. The second kappa shape index (κ2) is 12.2. The van der Waals surface area contributed by atoms with Crippen LogP contribution in [0.5, 0.6) is 11.5 Å². The molecule has 0 aliphatic carbocycles. The van der Waals surface area contributed by atoms with Gasteiger partial charge in [0, 0.05) is 49.1 Å². The maximum Gasteiger partial charge on any atom is 0.231 e. The highest BCUT2D eigenvalue weighted by Gasteiger charge is 2.34. The molecule has 1 unspecified atom stereocenters. The third-order valence-electron chi connectivity index (χ3n) is 6.60. The predicted octanol–water partition coefficient (Wildman–Crippen LogP) is 4.33. The maximum atomic E-state index is 13.5. The lowest BCUT2D eigenvalue weighted by Gasteiger charge is -2.38. The highest BCUT2D eigenvalue weighted by molar-refractivity contribution is 7.86. The molecule has 4 aromatic rings. The Labute approximate surface area is 239 Å². The first kappa shape index (κ1) is 27.8. The molecule has 11 nitrogen and oxygen atoms in total. The molecule has 1 atom stereocenters. The number of benzene rings is 3. The number of methoxy groups -OCH3 is 2. The summed E-state index contributed by atoms with van der Waals surface area (Å²) in [4.78, 5) is 35.9. The van der Waals surface area contributed by atoms with E-state index in [-0.39, 0.29) is 23.6 Å². The van der Waals surface area contributed by atoms with Crippen molar-refractivity contribution in [3.05, 3.63) is 66.7 Å². The molecular weight excluding hydrogens is 544 g/mol. The molecule has 5 rings (SSSR count). The van der Waals surface area contributed by atoms with E-state index in [1.807, 2.05) is 24.3 Å². The number of hydrogen-bond donors (Lipinski definition) is 3. The average Bonchev–Trinajstić information content (AvgIpc) is 2.96. The van der Waals surface area contributed by atoms with Crippen molar-refractivity contribution in [1.29, 1.82) is 0 Å². The van der Waals surface area contributed by atoms with Gasteiger partial charge in [0.1, 0.15) is 11.5 Å². The first-order valence-corrected chi connectivity index (χ1v) is 14.2. The Bertz CT molecular complexity index is 1600. The fourth-order valence-corrected chi connectivity index (χ4v) is 5.20. The van der Waals surface area contributed by atoms with Crippen LogP contribution in [0.1, 0.15) is 13.3 Å². The quantitative estimate of drug-likeness (QED) is 0.255. The van der Waals surface area contributed by atoms with Crippen molar-refractivity contribution in [2.45, 2.75) is 18.2 Å². The molecule has 0 spiro atoms. The molecule has 3 N–H and O–H groups in total. The van der Waals surface area contributed by atoms with Gasteiger partial charge in [0.2, 0.25) is 11.8 Å². The van der Waals surface area contributed by atoms with Gasteiger partial charge in [-0.1, -0.05) is 25.1 Å². The van der Waals surface area contributed by atoms with Crippen molar-refractivity contribution in [2.75, 3.05) is 42.7 Å². The molecule has 1 fully saturated rings. The number of ether oxygens (including phenoxy) is 2. The fraction of sp³-hybridized carbons (Fsp3) is 0.241. The van der Waals surface area contributed by atoms with E-state index in [0.29, 0.717) is 64.1 Å². The van der Waals surface area contributed by atoms with E-state index < -0.39 is 11.0 Å². The lowest BCUT2D eigenvalue weighted by atomic mass is 9.98. The summed E-state index contributed by atoms with van der Waals surface area (Å²) in [5, 5.41) is 6.10. The monoisotopic (exact) mass is 574 g/mol. The van der Waals surface area contributed by atoms with Gasteiger partial charge >= 0.3 is 0 Å². The van der Waals surface area contributed by atoms with E-state index in [2.05, 4.69) is 20.3 Å². The predicted molar refractivity (Wildman–Crippen MR) is 158 cm³/mol. The number of carbonyl (C=O) groups excluding carboxylic acids is 2. The Hall–Kier alpha value is -4.71. The number of rotatable bonds is 10. The summed E-state index contributed by atoms with van der Waals surface area (Å²) in [7, 11) is 1.39. The van der Waals surface area contributed by atoms with Gasteiger partial charge in [0.15, 0.2) is 22.6 Å². The molecule has 212 valence electrons. The van der Waals surface area contributed by atoms with Crippen molar-refractivity contribution >= 4 is 56.8 Å². The zero-order chi connectivity index (χ0) is 28.9. The lowest BCUT2D eigenvalue weighted by Crippen LogP contribution is -2.54. The van der Waals surface area contributed by atoms with Gasteiger partial charge in [-0.15, -0.1) is 0 Å². The summed E-state index contributed by atoms with van der Waals surface area (Å²) < 4.78 is 27.2. The van der Waals surface area contributed by atoms with Crippen molar-refractivity contribution in [3.63, 3.8) is 0 Å². The van der Waals surface area contributed by atoms with Gasteiger partial charge in [-0.05, 0) is 30.3 Å². The molecule has 0 bridgehead atoms. The zero-order valence-corrected chi connectivity index (χ0v) is 23.7. The Morgan fingerprint density at radius 2 is 1.56 bits per heavy atom. The van der Waals surface area contributed by atoms with Crippen LogP contribution in [0.2, 0.25) is 0 Å². The summed E-state index contributed by atoms with van der Waals surface area (Å²) in [6.45, 7) is 2.61. The first-order valence-electron chi connectivity index (χ1n) is 13.0. The number of amides is 2. The van der Waals surface area contributed by atoms with Crippen molar-refractivity contribution in [2.24, 2.45) is 5.92 Å². The van der Waals surface area contributed by atoms with E-state index in [1.54, 1.807) is 68.5 Å². The number of anilines is 4. The van der Waals surface area contributed by atoms with Crippen LogP contribution in [0.4, 0.5) is 23.0 Å². The highest BCUT2D eigenvalue weighted by Crippen LogP contribution is 2.31. The van der Waals surface area contributed by atoms with Gasteiger partial charge in [0.05, 0.1) is 36.1 Å². The van der Waals surface area contributed by atoms with Crippen LogP contribution >= 0.6 is 0 Å². The topological polar surface area (TPSA) is 135 Å². The average molecular weight is 575 g/mol. The number of para-hydroxylation sites is 2. The second-order valence-electron chi connectivity index (χ2n) is 9.37.